The van der Waals surface area contributed by atoms with Crippen molar-refractivity contribution in [1.82, 2.24) is 0 Å². The van der Waals surface area contributed by atoms with Gasteiger partial charge in [0.2, 0.25) is 5.91 Å². The van der Waals surface area contributed by atoms with Gasteiger partial charge in [0.15, 0.2) is 0 Å². The van der Waals surface area contributed by atoms with E-state index in [0.29, 0.717) is 11.0 Å². The lowest BCUT2D eigenvalue weighted by Gasteiger charge is -2.23. The molecule has 1 amide bonds. The van der Waals surface area contributed by atoms with Gasteiger partial charge in [-0.3, -0.25) is 9.59 Å². The molecule has 0 fully saturated rings. The molecule has 1 aromatic rings. The number of carbonyl (C=O) groups is 2. The number of hydrogen-bond donors (Lipinski definition) is 0. The summed E-state index contributed by atoms with van der Waals surface area (Å²) in [5.41, 5.74) is -1.73. The third kappa shape index (κ3) is 3.72. The van der Waals surface area contributed by atoms with Gasteiger partial charge in [0, 0.05) is 18.0 Å². The smallest absolute Gasteiger partial charge is 0.312 e. The second kappa shape index (κ2) is 6.01. The van der Waals surface area contributed by atoms with E-state index in [9.17, 15) is 27.2 Å². The molecule has 0 bridgehead atoms. The highest BCUT2D eigenvalue weighted by Gasteiger charge is 2.42. The molecule has 0 unspecified atom stereocenters. The van der Waals surface area contributed by atoms with E-state index in [1.54, 1.807) is 0 Å². The van der Waals surface area contributed by atoms with E-state index in [2.05, 4.69) is 0 Å². The van der Waals surface area contributed by atoms with Gasteiger partial charge in [-0.1, -0.05) is 25.4 Å². The fourth-order valence-electron chi connectivity index (χ4n) is 1.73. The molecular formula is C13H12ClF4NO2. The Balaban J connectivity index is 3.51. The molecule has 8 heteroatoms. The molecule has 0 heterocycles. The maximum absolute atomic E-state index is 13.9. The third-order valence-electron chi connectivity index (χ3n) is 2.69. The van der Waals surface area contributed by atoms with Crippen LogP contribution in [0.1, 0.15) is 24.2 Å². The predicted octanol–water partition coefficient (Wildman–Crippen LogP) is 3.84. The molecule has 0 aliphatic carbocycles. The van der Waals surface area contributed by atoms with Gasteiger partial charge in [-0.05, 0) is 12.1 Å². The topological polar surface area (TPSA) is 37.4 Å². The molecular weight excluding hydrogens is 314 g/mol. The van der Waals surface area contributed by atoms with Crippen molar-refractivity contribution >= 4 is 29.0 Å². The predicted molar refractivity (Wildman–Crippen MR) is 70.0 cm³/mol. The fraction of sp³-hybridized carbons (Fsp3) is 0.385. The summed E-state index contributed by atoms with van der Waals surface area (Å²) in [6.07, 6.45) is -5.20. The molecule has 0 spiro atoms. The first-order valence-electron chi connectivity index (χ1n) is 5.85. The minimum Gasteiger partial charge on any atom is -0.312 e. The molecule has 0 aromatic heterocycles. The zero-order valence-electron chi connectivity index (χ0n) is 11.4. The van der Waals surface area contributed by atoms with E-state index in [0.717, 1.165) is 13.1 Å². The maximum atomic E-state index is 13.9. The first kappa shape index (κ1) is 17.4. The van der Waals surface area contributed by atoms with Gasteiger partial charge in [-0.25, -0.2) is 4.39 Å². The summed E-state index contributed by atoms with van der Waals surface area (Å²) in [5, 5.41) is -0.366. The van der Waals surface area contributed by atoms with Crippen LogP contribution in [-0.4, -0.2) is 24.9 Å². The van der Waals surface area contributed by atoms with Crippen molar-refractivity contribution in [2.75, 3.05) is 11.9 Å². The number of ketones is 1. The molecule has 21 heavy (non-hydrogen) atoms. The molecule has 1 aromatic carbocycles. The van der Waals surface area contributed by atoms with Gasteiger partial charge >= 0.3 is 6.18 Å². The monoisotopic (exact) mass is 325 g/mol. The first-order chi connectivity index (χ1) is 9.46. The van der Waals surface area contributed by atoms with Gasteiger partial charge in [0.1, 0.15) is 5.82 Å². The van der Waals surface area contributed by atoms with Crippen LogP contribution in [0.25, 0.3) is 0 Å². The van der Waals surface area contributed by atoms with Crippen molar-refractivity contribution in [2.24, 2.45) is 5.92 Å². The molecule has 0 saturated carbocycles. The lowest BCUT2D eigenvalue weighted by molar-refractivity contribution is -0.121. The number of nitrogens with zero attached hydrogens (tertiary/aromatic N) is 1. The van der Waals surface area contributed by atoms with E-state index in [4.69, 9.17) is 11.6 Å². The number of carbonyl (C=O) groups excluding carboxylic acids is 2. The second-order valence-corrected chi connectivity index (χ2v) is 5.10. The SMILES string of the molecule is CC(C)C(=O)N(C)c1c(F)cc(Cl)cc1C(=O)C(F)(F)F. The van der Waals surface area contributed by atoms with Gasteiger partial charge in [0.25, 0.3) is 5.78 Å². The highest BCUT2D eigenvalue weighted by atomic mass is 35.5. The molecule has 1 rings (SSSR count). The summed E-state index contributed by atoms with van der Waals surface area (Å²) in [6.45, 7) is 3.00. The van der Waals surface area contributed by atoms with Gasteiger partial charge in [-0.15, -0.1) is 0 Å². The summed E-state index contributed by atoms with van der Waals surface area (Å²) in [7, 11) is 1.10. The Morgan fingerprint density at radius 1 is 1.24 bits per heavy atom. The number of hydrogen-bond acceptors (Lipinski definition) is 2. The van der Waals surface area contributed by atoms with E-state index >= 15 is 0 Å². The van der Waals surface area contributed by atoms with Crippen LogP contribution in [0, 0.1) is 11.7 Å². The van der Waals surface area contributed by atoms with Crippen LogP contribution >= 0.6 is 11.6 Å². The second-order valence-electron chi connectivity index (χ2n) is 4.66. The Bertz CT molecular complexity index is 584. The van der Waals surface area contributed by atoms with Crippen LogP contribution in [0.4, 0.5) is 23.2 Å². The third-order valence-corrected chi connectivity index (χ3v) is 2.91. The Hall–Kier alpha value is -1.63. The standard InChI is InChI=1S/C13H12ClF4NO2/c1-6(2)12(21)19(3)10-8(11(20)13(16,17)18)4-7(14)5-9(10)15/h4-6H,1-3H3. The number of Topliss-reactive ketones (excluding diaryl/α,β-unsaturated/α-hetero) is 1. The van der Waals surface area contributed by atoms with Crippen LogP contribution in [-0.2, 0) is 4.79 Å². The van der Waals surface area contributed by atoms with E-state index in [1.165, 1.54) is 13.8 Å². The lowest BCUT2D eigenvalue weighted by Crippen LogP contribution is -2.34. The number of halogens is 5. The molecule has 3 nitrogen and oxygen atoms in total. The van der Waals surface area contributed by atoms with Gasteiger partial charge in [0.05, 0.1) is 11.3 Å². The normalized spacial score (nSPS) is 11.7. The highest BCUT2D eigenvalue weighted by Crippen LogP contribution is 2.33. The van der Waals surface area contributed by atoms with Crippen molar-refractivity contribution in [1.29, 1.82) is 0 Å². The van der Waals surface area contributed by atoms with Crippen molar-refractivity contribution in [3.8, 4) is 0 Å². The molecule has 0 saturated heterocycles. The summed E-state index contributed by atoms with van der Waals surface area (Å²) in [6, 6.07) is 1.44. The zero-order chi connectivity index (χ0) is 16.5. The number of benzene rings is 1. The zero-order valence-corrected chi connectivity index (χ0v) is 12.1. The Kier molecular flexibility index (Phi) is 4.99. The van der Waals surface area contributed by atoms with E-state index < -0.39 is 40.9 Å². The Labute approximate surface area is 123 Å². The average molecular weight is 326 g/mol. The molecule has 0 atom stereocenters. The van der Waals surface area contributed by atoms with E-state index in [1.807, 2.05) is 0 Å². The molecule has 116 valence electrons. The number of rotatable bonds is 3. The van der Waals surface area contributed by atoms with Gasteiger partial charge in [-0.2, -0.15) is 13.2 Å². The van der Waals surface area contributed by atoms with Crippen molar-refractivity contribution < 1.29 is 27.2 Å². The highest BCUT2D eigenvalue weighted by molar-refractivity contribution is 6.31. The Morgan fingerprint density at radius 2 is 1.76 bits per heavy atom. The van der Waals surface area contributed by atoms with Crippen LogP contribution in [0.15, 0.2) is 12.1 Å². The molecule has 0 aliphatic rings. The van der Waals surface area contributed by atoms with Crippen molar-refractivity contribution in [2.45, 2.75) is 20.0 Å². The van der Waals surface area contributed by atoms with Crippen LogP contribution in [0.5, 0.6) is 0 Å². The van der Waals surface area contributed by atoms with Crippen LogP contribution < -0.4 is 4.90 Å². The molecule has 0 N–H and O–H groups in total. The lowest BCUT2D eigenvalue weighted by atomic mass is 10.1. The maximum Gasteiger partial charge on any atom is 0.454 e. The van der Waals surface area contributed by atoms with Crippen LogP contribution in [0.2, 0.25) is 5.02 Å². The minimum absolute atomic E-state index is 0.366. The van der Waals surface area contributed by atoms with Gasteiger partial charge < -0.3 is 4.90 Å². The summed E-state index contributed by atoms with van der Waals surface area (Å²) in [4.78, 5) is 23.9. The summed E-state index contributed by atoms with van der Waals surface area (Å²) < 4.78 is 51.7. The fourth-order valence-corrected chi connectivity index (χ4v) is 1.94. The van der Waals surface area contributed by atoms with Crippen LogP contribution in [0.3, 0.4) is 0 Å². The van der Waals surface area contributed by atoms with E-state index in [-0.39, 0.29) is 5.02 Å². The van der Waals surface area contributed by atoms with Crippen molar-refractivity contribution in [3.63, 3.8) is 0 Å². The summed E-state index contributed by atoms with van der Waals surface area (Å²) in [5.74, 6) is -4.65. The number of alkyl halides is 3. The molecule has 0 radical (unpaired) electrons. The number of anilines is 1. The first-order valence-corrected chi connectivity index (χ1v) is 6.22. The molecule has 0 aliphatic heterocycles. The minimum atomic E-state index is -5.20. The largest absolute Gasteiger partial charge is 0.454 e. The average Bonchev–Trinajstić information content (AvgIpc) is 2.33. The summed E-state index contributed by atoms with van der Waals surface area (Å²) >= 11 is 5.50. The Morgan fingerprint density at radius 3 is 2.19 bits per heavy atom. The number of amides is 1. The van der Waals surface area contributed by atoms with Crippen molar-refractivity contribution in [3.05, 3.63) is 28.5 Å². The quantitative estimate of drug-likeness (QED) is 0.625.